The first kappa shape index (κ1) is 22.6. The standard InChI is InChI=1S/C29H25NO5/c1-18(2)26-15-24(32)29-27(33-17-20-8-4-3-7-19(20)16-31)13-21(14-28(29)35-26)34-25-11-12-30-23-10-6-5-9-22(23)25/h3-15,18,31H,16-17H2,1-2H3. The second-order valence-electron chi connectivity index (χ2n) is 8.61. The number of pyridine rings is 1. The van der Waals surface area contributed by atoms with Crippen LogP contribution >= 0.6 is 0 Å². The van der Waals surface area contributed by atoms with E-state index in [0.717, 1.165) is 22.0 Å². The molecule has 6 heteroatoms. The fraction of sp³-hybridized carbons (Fsp3) is 0.172. The molecular weight excluding hydrogens is 442 g/mol. The minimum atomic E-state index is -0.179. The molecule has 0 amide bonds. The molecule has 1 N–H and O–H groups in total. The van der Waals surface area contributed by atoms with Crippen LogP contribution in [-0.4, -0.2) is 10.1 Å². The maximum absolute atomic E-state index is 13.1. The first-order valence-corrected chi connectivity index (χ1v) is 11.5. The number of hydrogen-bond acceptors (Lipinski definition) is 6. The number of benzene rings is 3. The Hall–Kier alpha value is -4.16. The Balaban J connectivity index is 1.60. The Morgan fingerprint density at radius 2 is 1.71 bits per heavy atom. The predicted octanol–water partition coefficient (Wildman–Crippen LogP) is 6.33. The maximum Gasteiger partial charge on any atom is 0.196 e. The van der Waals surface area contributed by atoms with Crippen LogP contribution in [0.4, 0.5) is 0 Å². The normalized spacial score (nSPS) is 11.3. The van der Waals surface area contributed by atoms with E-state index < -0.39 is 0 Å². The molecule has 0 unspecified atom stereocenters. The van der Waals surface area contributed by atoms with Crippen LogP contribution in [0.25, 0.3) is 21.9 Å². The highest BCUT2D eigenvalue weighted by molar-refractivity contribution is 5.87. The molecule has 6 nitrogen and oxygen atoms in total. The van der Waals surface area contributed by atoms with Crippen LogP contribution in [0.1, 0.15) is 36.7 Å². The summed E-state index contributed by atoms with van der Waals surface area (Å²) in [6, 6.07) is 21.9. The number of para-hydroxylation sites is 1. The molecule has 0 bridgehead atoms. The third-order valence-electron chi connectivity index (χ3n) is 5.86. The van der Waals surface area contributed by atoms with Gasteiger partial charge in [-0.05, 0) is 29.3 Å². The van der Waals surface area contributed by atoms with Crippen LogP contribution in [0.15, 0.2) is 88.2 Å². The van der Waals surface area contributed by atoms with Gasteiger partial charge in [-0.15, -0.1) is 0 Å². The number of hydrogen-bond donors (Lipinski definition) is 1. The van der Waals surface area contributed by atoms with Gasteiger partial charge in [0.1, 0.15) is 40.6 Å². The lowest BCUT2D eigenvalue weighted by atomic mass is 10.1. The van der Waals surface area contributed by atoms with Crippen molar-refractivity contribution in [1.29, 1.82) is 0 Å². The molecule has 3 aromatic carbocycles. The second-order valence-corrected chi connectivity index (χ2v) is 8.61. The van der Waals surface area contributed by atoms with Crippen LogP contribution < -0.4 is 14.9 Å². The molecule has 0 aliphatic heterocycles. The number of rotatable bonds is 7. The average Bonchev–Trinajstić information content (AvgIpc) is 2.87. The molecule has 0 saturated heterocycles. The largest absolute Gasteiger partial charge is 0.488 e. The minimum Gasteiger partial charge on any atom is -0.488 e. The van der Waals surface area contributed by atoms with Crippen molar-refractivity contribution < 1.29 is 19.0 Å². The van der Waals surface area contributed by atoms with Gasteiger partial charge in [-0.3, -0.25) is 9.78 Å². The monoisotopic (exact) mass is 467 g/mol. The van der Waals surface area contributed by atoms with Crippen LogP contribution in [0.2, 0.25) is 0 Å². The summed E-state index contributed by atoms with van der Waals surface area (Å²) in [5.41, 5.74) is 2.62. The van der Waals surface area contributed by atoms with Gasteiger partial charge >= 0.3 is 0 Å². The first-order chi connectivity index (χ1) is 17.0. The van der Waals surface area contributed by atoms with E-state index in [2.05, 4.69) is 4.98 Å². The number of ether oxygens (including phenoxy) is 2. The topological polar surface area (TPSA) is 81.8 Å². The van der Waals surface area contributed by atoms with Gasteiger partial charge in [-0.1, -0.05) is 50.2 Å². The molecule has 2 heterocycles. The van der Waals surface area contributed by atoms with E-state index in [9.17, 15) is 9.90 Å². The maximum atomic E-state index is 13.1. The Bertz CT molecular complexity index is 1570. The molecule has 35 heavy (non-hydrogen) atoms. The van der Waals surface area contributed by atoms with E-state index >= 15 is 0 Å². The van der Waals surface area contributed by atoms with Crippen LogP contribution in [-0.2, 0) is 13.2 Å². The van der Waals surface area contributed by atoms with Crippen molar-refractivity contribution in [3.63, 3.8) is 0 Å². The lowest BCUT2D eigenvalue weighted by Crippen LogP contribution is -2.07. The third-order valence-corrected chi connectivity index (χ3v) is 5.86. The van der Waals surface area contributed by atoms with Crippen molar-refractivity contribution in [2.45, 2.75) is 33.0 Å². The molecule has 0 aliphatic rings. The van der Waals surface area contributed by atoms with Gasteiger partial charge in [0.05, 0.1) is 12.1 Å². The summed E-state index contributed by atoms with van der Waals surface area (Å²) in [5.74, 6) is 2.09. The Kier molecular flexibility index (Phi) is 6.21. The Labute approximate surface area is 202 Å². The van der Waals surface area contributed by atoms with Crippen molar-refractivity contribution in [3.8, 4) is 17.2 Å². The van der Waals surface area contributed by atoms with E-state index in [-0.39, 0.29) is 24.6 Å². The summed E-state index contributed by atoms with van der Waals surface area (Å²) < 4.78 is 18.5. The van der Waals surface area contributed by atoms with E-state index in [1.165, 1.54) is 6.07 Å². The van der Waals surface area contributed by atoms with Crippen LogP contribution in [0, 0.1) is 0 Å². The summed E-state index contributed by atoms with van der Waals surface area (Å²) in [7, 11) is 0. The van der Waals surface area contributed by atoms with Crippen molar-refractivity contribution in [2.24, 2.45) is 0 Å². The van der Waals surface area contributed by atoms with Gasteiger partial charge in [0.2, 0.25) is 0 Å². The highest BCUT2D eigenvalue weighted by Crippen LogP contribution is 2.35. The highest BCUT2D eigenvalue weighted by Gasteiger charge is 2.16. The quantitative estimate of drug-likeness (QED) is 0.301. The van der Waals surface area contributed by atoms with Crippen LogP contribution in [0.5, 0.6) is 17.2 Å². The third kappa shape index (κ3) is 4.61. The van der Waals surface area contributed by atoms with Crippen LogP contribution in [0.3, 0.4) is 0 Å². The summed E-state index contributed by atoms with van der Waals surface area (Å²) in [4.78, 5) is 17.5. The summed E-state index contributed by atoms with van der Waals surface area (Å²) >= 11 is 0. The molecule has 0 saturated carbocycles. The van der Waals surface area contributed by atoms with E-state index in [4.69, 9.17) is 13.9 Å². The van der Waals surface area contributed by atoms with Crippen molar-refractivity contribution in [3.05, 3.63) is 106 Å². The van der Waals surface area contributed by atoms with E-state index in [0.29, 0.717) is 34.0 Å². The number of aliphatic hydroxyl groups is 1. The van der Waals surface area contributed by atoms with Gasteiger partial charge < -0.3 is 19.0 Å². The lowest BCUT2D eigenvalue weighted by Gasteiger charge is -2.15. The highest BCUT2D eigenvalue weighted by atomic mass is 16.5. The molecule has 0 radical (unpaired) electrons. The zero-order chi connectivity index (χ0) is 24.4. The summed E-state index contributed by atoms with van der Waals surface area (Å²) in [6.07, 6.45) is 1.69. The zero-order valence-corrected chi connectivity index (χ0v) is 19.5. The van der Waals surface area contributed by atoms with Gasteiger partial charge in [-0.2, -0.15) is 0 Å². The molecule has 0 aliphatic carbocycles. The van der Waals surface area contributed by atoms with Crippen molar-refractivity contribution in [2.75, 3.05) is 0 Å². The fourth-order valence-electron chi connectivity index (χ4n) is 4.00. The molecule has 0 spiro atoms. The summed E-state index contributed by atoms with van der Waals surface area (Å²) in [6.45, 7) is 4.02. The molecule has 0 fully saturated rings. The molecule has 176 valence electrons. The molecule has 5 rings (SSSR count). The minimum absolute atomic E-state index is 0.0432. The fourth-order valence-corrected chi connectivity index (χ4v) is 4.00. The van der Waals surface area contributed by atoms with Gasteiger partial charge in [-0.25, -0.2) is 0 Å². The molecule has 2 aromatic heterocycles. The van der Waals surface area contributed by atoms with E-state index in [1.807, 2.05) is 62.4 Å². The molecular formula is C29H25NO5. The average molecular weight is 468 g/mol. The Morgan fingerprint density at radius 1 is 0.943 bits per heavy atom. The predicted molar refractivity (Wildman–Crippen MR) is 135 cm³/mol. The molecule has 5 aromatic rings. The van der Waals surface area contributed by atoms with Gasteiger partial charge in [0.15, 0.2) is 5.43 Å². The number of aliphatic hydroxyl groups excluding tert-OH is 1. The van der Waals surface area contributed by atoms with Gasteiger partial charge in [0, 0.05) is 35.7 Å². The molecule has 0 atom stereocenters. The number of aromatic nitrogens is 1. The summed E-state index contributed by atoms with van der Waals surface area (Å²) in [5, 5.41) is 10.9. The number of fused-ring (bicyclic) bond motifs is 2. The van der Waals surface area contributed by atoms with Crippen molar-refractivity contribution >= 4 is 21.9 Å². The first-order valence-electron chi connectivity index (χ1n) is 11.5. The Morgan fingerprint density at radius 3 is 2.51 bits per heavy atom. The number of nitrogens with zero attached hydrogens (tertiary/aromatic N) is 1. The van der Waals surface area contributed by atoms with E-state index in [1.54, 1.807) is 24.4 Å². The lowest BCUT2D eigenvalue weighted by molar-refractivity contribution is 0.270. The van der Waals surface area contributed by atoms with Gasteiger partial charge in [0.25, 0.3) is 0 Å². The van der Waals surface area contributed by atoms with Crippen molar-refractivity contribution in [1.82, 2.24) is 4.98 Å². The second kappa shape index (κ2) is 9.60. The smallest absolute Gasteiger partial charge is 0.196 e. The SMILES string of the molecule is CC(C)c1cc(=O)c2c(OCc3ccccc3CO)cc(Oc3ccnc4ccccc34)cc2o1. The zero-order valence-electron chi connectivity index (χ0n) is 19.5.